The number of benzene rings is 3. The highest BCUT2D eigenvalue weighted by atomic mass is 35.5. The molecular weight excluding hydrogens is 322 g/mol. The van der Waals surface area contributed by atoms with Gasteiger partial charge in [0.1, 0.15) is 0 Å². The minimum Gasteiger partial charge on any atom is -0.392 e. The molecule has 2 N–H and O–H groups in total. The molecule has 0 saturated carbocycles. The molecule has 3 aromatic carbocycles. The number of rotatable bonds is 2. The molecule has 0 unspecified atom stereocenters. The molecule has 0 radical (unpaired) electrons. The van der Waals surface area contributed by atoms with E-state index in [1.165, 1.54) is 0 Å². The smallest absolute Gasteiger partial charge is 0.256 e. The third kappa shape index (κ3) is 2.39. The second-order valence-electron chi connectivity index (χ2n) is 5.74. The lowest BCUT2D eigenvalue weighted by Crippen LogP contribution is -2.06. The minimum atomic E-state index is -0.131. The lowest BCUT2D eigenvalue weighted by molar-refractivity contribution is 0.282. The molecule has 0 amide bonds. The van der Waals surface area contributed by atoms with E-state index in [4.69, 9.17) is 11.6 Å². The van der Waals surface area contributed by atoms with Gasteiger partial charge >= 0.3 is 0 Å². The van der Waals surface area contributed by atoms with Gasteiger partial charge in [-0.15, -0.1) is 0 Å². The van der Waals surface area contributed by atoms with Crippen molar-refractivity contribution in [1.82, 2.24) is 4.98 Å². The maximum Gasteiger partial charge on any atom is 0.256 e. The number of aliphatic hydroxyl groups excluding tert-OH is 1. The zero-order chi connectivity index (χ0) is 16.7. The normalized spacial score (nSPS) is 11.2. The Morgan fingerprint density at radius 3 is 2.46 bits per heavy atom. The van der Waals surface area contributed by atoms with E-state index in [0.717, 1.165) is 32.8 Å². The number of halogens is 1. The van der Waals surface area contributed by atoms with Crippen LogP contribution in [0.2, 0.25) is 5.02 Å². The first-order valence-corrected chi connectivity index (χ1v) is 7.99. The summed E-state index contributed by atoms with van der Waals surface area (Å²) >= 11 is 6.13. The van der Waals surface area contributed by atoms with Crippen molar-refractivity contribution in [3.63, 3.8) is 0 Å². The fourth-order valence-electron chi connectivity index (χ4n) is 3.08. The van der Waals surface area contributed by atoms with E-state index in [9.17, 15) is 9.90 Å². The highest BCUT2D eigenvalue weighted by Crippen LogP contribution is 2.31. The number of hydrogen-bond acceptors (Lipinski definition) is 2. The molecule has 0 fully saturated rings. The molecule has 3 nitrogen and oxygen atoms in total. The van der Waals surface area contributed by atoms with Gasteiger partial charge in [-0.25, -0.2) is 0 Å². The third-order valence-electron chi connectivity index (χ3n) is 4.30. The van der Waals surface area contributed by atoms with E-state index in [1.54, 1.807) is 6.20 Å². The number of aromatic nitrogens is 1. The summed E-state index contributed by atoms with van der Waals surface area (Å²) in [5.41, 5.74) is 2.64. The van der Waals surface area contributed by atoms with E-state index in [1.807, 2.05) is 54.6 Å². The van der Waals surface area contributed by atoms with Gasteiger partial charge in [-0.05, 0) is 39.4 Å². The Bertz CT molecular complexity index is 1110. The van der Waals surface area contributed by atoms with Crippen LogP contribution in [0.15, 0.2) is 65.6 Å². The number of aliphatic hydroxyl groups is 1. The van der Waals surface area contributed by atoms with E-state index >= 15 is 0 Å². The summed E-state index contributed by atoms with van der Waals surface area (Å²) in [5, 5.41) is 13.1. The number of nitrogens with one attached hydrogen (secondary N) is 1. The van der Waals surface area contributed by atoms with Gasteiger partial charge in [-0.1, -0.05) is 54.1 Å². The number of fused-ring (bicyclic) bond motifs is 3. The van der Waals surface area contributed by atoms with Crippen molar-refractivity contribution >= 4 is 33.1 Å². The minimum absolute atomic E-state index is 0.00971. The fourth-order valence-corrected chi connectivity index (χ4v) is 3.25. The molecule has 24 heavy (non-hydrogen) atoms. The van der Waals surface area contributed by atoms with Crippen molar-refractivity contribution in [3.8, 4) is 11.1 Å². The maximum absolute atomic E-state index is 12.5. The lowest BCUT2D eigenvalue weighted by atomic mass is 9.96. The molecule has 118 valence electrons. The zero-order valence-corrected chi connectivity index (χ0v) is 13.5. The fraction of sp³-hybridized carbons (Fsp3) is 0.0500. The first-order chi connectivity index (χ1) is 11.7. The van der Waals surface area contributed by atoms with Crippen LogP contribution < -0.4 is 5.56 Å². The summed E-state index contributed by atoms with van der Waals surface area (Å²) in [7, 11) is 0. The van der Waals surface area contributed by atoms with Crippen LogP contribution in [-0.2, 0) is 6.61 Å². The van der Waals surface area contributed by atoms with Crippen molar-refractivity contribution in [2.75, 3.05) is 0 Å². The second kappa shape index (κ2) is 5.78. The molecule has 0 spiro atoms. The molecule has 4 heteroatoms. The third-order valence-corrected chi connectivity index (χ3v) is 4.53. The van der Waals surface area contributed by atoms with Crippen molar-refractivity contribution in [2.24, 2.45) is 0 Å². The summed E-state index contributed by atoms with van der Waals surface area (Å²) in [4.78, 5) is 15.3. The van der Waals surface area contributed by atoms with Gasteiger partial charge in [0.05, 0.1) is 12.0 Å². The van der Waals surface area contributed by atoms with Gasteiger partial charge in [0.2, 0.25) is 0 Å². The number of hydrogen-bond donors (Lipinski definition) is 2. The van der Waals surface area contributed by atoms with Gasteiger partial charge in [0.25, 0.3) is 5.56 Å². The number of H-pyrrole nitrogens is 1. The summed E-state index contributed by atoms with van der Waals surface area (Å²) in [6.07, 6.45) is 1.73. The Labute approximate surface area is 143 Å². The Kier molecular flexibility index (Phi) is 3.60. The van der Waals surface area contributed by atoms with Crippen LogP contribution in [0.3, 0.4) is 0 Å². The average molecular weight is 336 g/mol. The summed E-state index contributed by atoms with van der Waals surface area (Å²) < 4.78 is 0. The maximum atomic E-state index is 12.5. The number of aromatic amines is 1. The topological polar surface area (TPSA) is 53.1 Å². The zero-order valence-electron chi connectivity index (χ0n) is 12.7. The predicted molar refractivity (Wildman–Crippen MR) is 98.4 cm³/mol. The molecule has 0 atom stereocenters. The van der Waals surface area contributed by atoms with Gasteiger partial charge in [0, 0.05) is 16.8 Å². The Morgan fingerprint density at radius 2 is 1.71 bits per heavy atom. The van der Waals surface area contributed by atoms with E-state index < -0.39 is 0 Å². The van der Waals surface area contributed by atoms with Gasteiger partial charge in [0.15, 0.2) is 0 Å². The van der Waals surface area contributed by atoms with Crippen molar-refractivity contribution in [1.29, 1.82) is 0 Å². The lowest BCUT2D eigenvalue weighted by Gasteiger charge is -2.10. The highest BCUT2D eigenvalue weighted by molar-refractivity contribution is 6.32. The molecule has 1 heterocycles. The molecular formula is C20H14ClNO2. The van der Waals surface area contributed by atoms with Crippen molar-refractivity contribution in [3.05, 3.63) is 81.7 Å². The van der Waals surface area contributed by atoms with Crippen LogP contribution in [0.5, 0.6) is 0 Å². The SMILES string of the molecule is O=c1[nH]cc(-c2ccc(CO)cc2)c2ccc3ccc(Cl)cc3c12. The standard InChI is InChI=1S/C20H14ClNO2/c21-15-7-5-13-6-8-16-18(14-3-1-12(11-23)2-4-14)10-22-20(24)19(16)17(13)9-15/h1-10,23H,11H2,(H,22,24). The molecule has 4 aromatic rings. The summed E-state index contributed by atoms with van der Waals surface area (Å²) in [6.45, 7) is 0.00971. The quantitative estimate of drug-likeness (QED) is 0.530. The van der Waals surface area contributed by atoms with E-state index in [0.29, 0.717) is 10.4 Å². The first-order valence-electron chi connectivity index (χ1n) is 7.61. The Balaban J connectivity index is 2.07. The largest absolute Gasteiger partial charge is 0.392 e. The molecule has 0 bridgehead atoms. The van der Waals surface area contributed by atoms with Gasteiger partial charge in [-0.2, -0.15) is 0 Å². The van der Waals surface area contributed by atoms with Crippen molar-refractivity contribution < 1.29 is 5.11 Å². The monoisotopic (exact) mass is 335 g/mol. The van der Waals surface area contributed by atoms with Crippen molar-refractivity contribution in [2.45, 2.75) is 6.61 Å². The Morgan fingerprint density at radius 1 is 0.958 bits per heavy atom. The first kappa shape index (κ1) is 14.9. The summed E-state index contributed by atoms with van der Waals surface area (Å²) in [6, 6.07) is 17.2. The van der Waals surface area contributed by atoms with Crippen LogP contribution in [0.25, 0.3) is 32.7 Å². The van der Waals surface area contributed by atoms with Crippen LogP contribution >= 0.6 is 11.6 Å². The molecule has 0 aliphatic carbocycles. The Hall–Kier alpha value is -2.62. The van der Waals surface area contributed by atoms with Gasteiger partial charge in [-0.3, -0.25) is 4.79 Å². The molecule has 4 rings (SSSR count). The van der Waals surface area contributed by atoms with E-state index in [2.05, 4.69) is 4.98 Å². The predicted octanol–water partition coefficient (Wildman–Crippen LogP) is 4.49. The number of pyridine rings is 1. The second-order valence-corrected chi connectivity index (χ2v) is 6.18. The molecule has 1 aromatic heterocycles. The van der Waals surface area contributed by atoms with Crippen LogP contribution in [0.4, 0.5) is 0 Å². The molecule has 0 saturated heterocycles. The molecule has 0 aliphatic heterocycles. The van der Waals surface area contributed by atoms with Crippen LogP contribution in [-0.4, -0.2) is 10.1 Å². The summed E-state index contributed by atoms with van der Waals surface area (Å²) in [5.74, 6) is 0. The van der Waals surface area contributed by atoms with E-state index in [-0.39, 0.29) is 12.2 Å². The average Bonchev–Trinajstić information content (AvgIpc) is 2.61. The molecule has 0 aliphatic rings. The van der Waals surface area contributed by atoms with Crippen LogP contribution in [0.1, 0.15) is 5.56 Å². The van der Waals surface area contributed by atoms with Crippen LogP contribution in [0, 0.1) is 0 Å². The van der Waals surface area contributed by atoms with Gasteiger partial charge < -0.3 is 10.1 Å². The highest BCUT2D eigenvalue weighted by Gasteiger charge is 2.10.